The van der Waals surface area contributed by atoms with Crippen molar-refractivity contribution in [1.29, 1.82) is 0 Å². The van der Waals surface area contributed by atoms with Crippen molar-refractivity contribution in [1.82, 2.24) is 15.2 Å². The smallest absolute Gasteiger partial charge is 0.253 e. The summed E-state index contributed by atoms with van der Waals surface area (Å²) in [5, 5.41) is 15.7. The Morgan fingerprint density at radius 3 is 2.81 bits per heavy atom. The number of aromatic nitrogens is 2. The quantitative estimate of drug-likeness (QED) is 0.568. The third-order valence-electron chi connectivity index (χ3n) is 4.04. The zero-order chi connectivity index (χ0) is 18.8. The first kappa shape index (κ1) is 18.2. The van der Waals surface area contributed by atoms with Crippen LogP contribution in [0.2, 0.25) is 5.02 Å². The zero-order valence-electron chi connectivity index (χ0n) is 14.3. The molecule has 27 heavy (non-hydrogen) atoms. The van der Waals surface area contributed by atoms with E-state index in [2.05, 4.69) is 15.3 Å². The lowest BCUT2D eigenvalue weighted by Gasteiger charge is -2.19. The maximum absolute atomic E-state index is 12.9. The van der Waals surface area contributed by atoms with Gasteiger partial charge in [-0.25, -0.2) is 5.01 Å². The van der Waals surface area contributed by atoms with E-state index >= 15 is 0 Å². The molecule has 1 amide bonds. The molecule has 0 N–H and O–H groups in total. The average Bonchev–Trinajstić information content (AvgIpc) is 3.40. The monoisotopic (exact) mass is 418 g/mol. The summed E-state index contributed by atoms with van der Waals surface area (Å²) in [5.41, 5.74) is 1.77. The Bertz CT molecular complexity index is 970. The molecular formula is C18H15ClN4O2S2. The second-order valence-corrected chi connectivity index (χ2v) is 8.74. The van der Waals surface area contributed by atoms with Gasteiger partial charge in [-0.2, -0.15) is 5.10 Å². The molecule has 1 aliphatic heterocycles. The summed E-state index contributed by atoms with van der Waals surface area (Å²) in [6.45, 7) is 1.89. The maximum Gasteiger partial charge on any atom is 0.253 e. The fraction of sp³-hybridized carbons (Fsp3) is 0.222. The van der Waals surface area contributed by atoms with Gasteiger partial charge < -0.3 is 4.42 Å². The van der Waals surface area contributed by atoms with Crippen LogP contribution in [0.4, 0.5) is 0 Å². The molecule has 0 saturated carbocycles. The van der Waals surface area contributed by atoms with Crippen LogP contribution in [0.1, 0.15) is 28.8 Å². The highest BCUT2D eigenvalue weighted by atomic mass is 35.5. The van der Waals surface area contributed by atoms with Gasteiger partial charge in [0.05, 0.1) is 17.7 Å². The van der Waals surface area contributed by atoms with E-state index in [1.807, 2.05) is 43.3 Å². The van der Waals surface area contributed by atoms with Gasteiger partial charge in [0.2, 0.25) is 0 Å². The first-order chi connectivity index (χ1) is 13.1. The van der Waals surface area contributed by atoms with Crippen LogP contribution in [0.3, 0.4) is 0 Å². The molecule has 0 radical (unpaired) electrons. The number of rotatable bonds is 5. The van der Waals surface area contributed by atoms with E-state index in [1.54, 1.807) is 6.26 Å². The Morgan fingerprint density at radius 1 is 1.33 bits per heavy atom. The number of hydrogen-bond acceptors (Lipinski definition) is 7. The summed E-state index contributed by atoms with van der Waals surface area (Å²) in [6, 6.07) is 10.9. The van der Waals surface area contributed by atoms with Gasteiger partial charge in [-0.3, -0.25) is 4.79 Å². The average molecular weight is 419 g/mol. The summed E-state index contributed by atoms with van der Waals surface area (Å²) in [6.07, 6.45) is 2.19. The first-order valence-corrected chi connectivity index (χ1v) is 10.4. The van der Waals surface area contributed by atoms with Gasteiger partial charge in [-0.05, 0) is 36.8 Å². The van der Waals surface area contributed by atoms with Crippen LogP contribution in [0.15, 0.2) is 56.5 Å². The van der Waals surface area contributed by atoms with E-state index in [0.29, 0.717) is 17.2 Å². The van der Waals surface area contributed by atoms with Gasteiger partial charge in [0.25, 0.3) is 5.91 Å². The third-order valence-corrected chi connectivity index (χ3v) is 6.25. The normalized spacial score (nSPS) is 16.6. The molecule has 1 aliphatic rings. The highest BCUT2D eigenvalue weighted by Gasteiger charge is 2.34. The van der Waals surface area contributed by atoms with Gasteiger partial charge in [0.15, 0.2) is 4.34 Å². The van der Waals surface area contributed by atoms with Crippen LogP contribution in [0.25, 0.3) is 0 Å². The van der Waals surface area contributed by atoms with E-state index in [9.17, 15) is 4.79 Å². The SMILES string of the molecule is Cc1nnc(SCC(=O)N2N=C(c3ccc(Cl)cc3)CC2c2ccco2)s1. The molecule has 0 fully saturated rings. The Hall–Kier alpha value is -2.16. The van der Waals surface area contributed by atoms with Crippen molar-refractivity contribution in [2.75, 3.05) is 5.75 Å². The maximum atomic E-state index is 12.9. The van der Waals surface area contributed by atoms with E-state index < -0.39 is 0 Å². The topological polar surface area (TPSA) is 71.6 Å². The van der Waals surface area contributed by atoms with Crippen LogP contribution < -0.4 is 0 Å². The van der Waals surface area contributed by atoms with Crippen LogP contribution in [-0.4, -0.2) is 32.6 Å². The fourth-order valence-electron chi connectivity index (χ4n) is 2.79. The summed E-state index contributed by atoms with van der Waals surface area (Å²) >= 11 is 8.82. The summed E-state index contributed by atoms with van der Waals surface area (Å²) < 4.78 is 6.33. The zero-order valence-corrected chi connectivity index (χ0v) is 16.7. The van der Waals surface area contributed by atoms with Crippen molar-refractivity contribution in [3.63, 3.8) is 0 Å². The molecule has 4 rings (SSSR count). The van der Waals surface area contributed by atoms with Gasteiger partial charge >= 0.3 is 0 Å². The molecule has 9 heteroatoms. The number of aryl methyl sites for hydroxylation is 1. The van der Waals surface area contributed by atoms with Crippen LogP contribution in [0, 0.1) is 6.92 Å². The van der Waals surface area contributed by atoms with Crippen LogP contribution >= 0.6 is 34.7 Å². The molecule has 3 aromatic rings. The lowest BCUT2D eigenvalue weighted by molar-refractivity contribution is -0.130. The van der Waals surface area contributed by atoms with Crippen LogP contribution in [-0.2, 0) is 4.79 Å². The number of carbonyl (C=O) groups is 1. The lowest BCUT2D eigenvalue weighted by atomic mass is 10.0. The third kappa shape index (κ3) is 4.07. The molecule has 1 atom stereocenters. The number of hydrazone groups is 1. The number of thioether (sulfide) groups is 1. The highest BCUT2D eigenvalue weighted by molar-refractivity contribution is 8.01. The molecule has 1 unspecified atom stereocenters. The van der Waals surface area contributed by atoms with E-state index in [0.717, 1.165) is 20.6 Å². The molecule has 0 aliphatic carbocycles. The Kier molecular flexibility index (Phi) is 5.29. The molecule has 0 spiro atoms. The second-order valence-electron chi connectivity index (χ2n) is 5.90. The largest absolute Gasteiger partial charge is 0.467 e. The number of nitrogens with zero attached hydrogens (tertiary/aromatic N) is 4. The van der Waals surface area contributed by atoms with Gasteiger partial charge in [0.1, 0.15) is 16.8 Å². The highest BCUT2D eigenvalue weighted by Crippen LogP contribution is 2.34. The fourth-order valence-corrected chi connectivity index (χ4v) is 4.58. The lowest BCUT2D eigenvalue weighted by Crippen LogP contribution is -2.28. The number of furan rings is 1. The van der Waals surface area contributed by atoms with Crippen molar-refractivity contribution < 1.29 is 9.21 Å². The minimum Gasteiger partial charge on any atom is -0.467 e. The minimum absolute atomic E-state index is 0.0989. The number of benzene rings is 1. The molecule has 1 aromatic carbocycles. The number of hydrogen-bond donors (Lipinski definition) is 0. The van der Waals surface area contributed by atoms with Crippen molar-refractivity contribution in [2.24, 2.45) is 5.10 Å². The number of amides is 1. The van der Waals surface area contributed by atoms with Crippen molar-refractivity contribution in [3.8, 4) is 0 Å². The van der Waals surface area contributed by atoms with Crippen molar-refractivity contribution >= 4 is 46.3 Å². The summed E-state index contributed by atoms with van der Waals surface area (Å²) in [5.74, 6) is 0.856. The molecule has 6 nitrogen and oxygen atoms in total. The predicted octanol–water partition coefficient (Wildman–Crippen LogP) is 4.56. The number of carbonyl (C=O) groups excluding carboxylic acids is 1. The molecule has 2 aromatic heterocycles. The molecular weight excluding hydrogens is 404 g/mol. The van der Waals surface area contributed by atoms with E-state index in [-0.39, 0.29) is 17.7 Å². The van der Waals surface area contributed by atoms with E-state index in [1.165, 1.54) is 28.1 Å². The summed E-state index contributed by atoms with van der Waals surface area (Å²) in [4.78, 5) is 12.9. The number of halogens is 1. The van der Waals surface area contributed by atoms with Crippen LogP contribution in [0.5, 0.6) is 0 Å². The second kappa shape index (κ2) is 7.84. The minimum atomic E-state index is -0.255. The molecule has 138 valence electrons. The first-order valence-electron chi connectivity index (χ1n) is 8.22. The Balaban J connectivity index is 1.55. The molecule has 0 bridgehead atoms. The van der Waals surface area contributed by atoms with Gasteiger partial charge in [-0.15, -0.1) is 10.2 Å². The van der Waals surface area contributed by atoms with E-state index in [4.69, 9.17) is 16.0 Å². The predicted molar refractivity (Wildman–Crippen MR) is 106 cm³/mol. The van der Waals surface area contributed by atoms with Crippen molar-refractivity contribution in [3.05, 3.63) is 64.0 Å². The van der Waals surface area contributed by atoms with Gasteiger partial charge in [0, 0.05) is 11.4 Å². The Morgan fingerprint density at radius 2 is 2.15 bits per heavy atom. The molecule has 3 heterocycles. The molecule has 0 saturated heterocycles. The van der Waals surface area contributed by atoms with Crippen molar-refractivity contribution in [2.45, 2.75) is 23.7 Å². The van der Waals surface area contributed by atoms with Gasteiger partial charge in [-0.1, -0.05) is 46.8 Å². The standard InChI is InChI=1S/C18H15ClN4O2S2/c1-11-20-21-18(27-11)26-10-17(24)23-15(16-3-2-8-25-16)9-14(22-23)12-4-6-13(19)7-5-12/h2-8,15H,9-10H2,1H3. The Labute approximate surface area is 169 Å². The summed E-state index contributed by atoms with van der Waals surface area (Å²) in [7, 11) is 0.